The zero-order valence-electron chi connectivity index (χ0n) is 18.3. The van der Waals surface area contributed by atoms with E-state index in [9.17, 15) is 13.2 Å². The van der Waals surface area contributed by atoms with Crippen molar-refractivity contribution in [1.29, 1.82) is 0 Å². The minimum absolute atomic E-state index is 0.0685. The van der Waals surface area contributed by atoms with Crippen LogP contribution in [-0.2, 0) is 10.9 Å². The fourth-order valence-corrected chi connectivity index (χ4v) is 3.57. The second-order valence-electron chi connectivity index (χ2n) is 7.74. The van der Waals surface area contributed by atoms with E-state index in [1.165, 1.54) is 6.07 Å². The van der Waals surface area contributed by atoms with E-state index in [4.69, 9.17) is 15.2 Å². The number of benzene rings is 1. The average molecular weight is 463 g/mol. The van der Waals surface area contributed by atoms with Gasteiger partial charge in [-0.25, -0.2) is 19.9 Å². The van der Waals surface area contributed by atoms with Crippen LogP contribution in [0.25, 0.3) is 10.9 Å². The van der Waals surface area contributed by atoms with Crippen LogP contribution >= 0.6 is 0 Å². The molecule has 4 rings (SSSR count). The Kier molecular flexibility index (Phi) is 6.11. The number of ether oxygens (including phenoxy) is 2. The van der Waals surface area contributed by atoms with Gasteiger partial charge in [0.2, 0.25) is 5.82 Å². The van der Waals surface area contributed by atoms with Gasteiger partial charge >= 0.3 is 6.18 Å². The lowest BCUT2D eigenvalue weighted by molar-refractivity contribution is -0.145. The van der Waals surface area contributed by atoms with Gasteiger partial charge in [0.25, 0.3) is 0 Å². The zero-order valence-corrected chi connectivity index (χ0v) is 18.3. The molecule has 1 aromatic carbocycles. The molecular weight excluding hydrogens is 439 g/mol. The molecule has 33 heavy (non-hydrogen) atoms. The van der Waals surface area contributed by atoms with Crippen LogP contribution in [0, 0.1) is 6.92 Å². The minimum Gasteiger partial charge on any atom is -0.486 e. The van der Waals surface area contributed by atoms with Gasteiger partial charge in [-0.1, -0.05) is 0 Å². The molecule has 0 saturated carbocycles. The topological polar surface area (TPSA) is 120 Å². The Bertz CT molecular complexity index is 1170. The molecular formula is C21H24F3N7O2. The normalized spacial score (nSPS) is 17.2. The summed E-state index contributed by atoms with van der Waals surface area (Å²) in [5, 5.41) is 6.90. The molecule has 1 unspecified atom stereocenters. The van der Waals surface area contributed by atoms with Gasteiger partial charge in [-0.05, 0) is 26.0 Å². The molecule has 0 aliphatic carbocycles. The Morgan fingerprint density at radius 2 is 1.97 bits per heavy atom. The maximum absolute atomic E-state index is 13.1. The van der Waals surface area contributed by atoms with Crippen LogP contribution in [0.1, 0.15) is 36.7 Å². The van der Waals surface area contributed by atoms with Crippen molar-refractivity contribution >= 4 is 28.2 Å². The highest BCUT2D eigenvalue weighted by Gasteiger charge is 2.35. The summed E-state index contributed by atoms with van der Waals surface area (Å²) >= 11 is 0. The first-order valence-electron chi connectivity index (χ1n) is 10.4. The van der Waals surface area contributed by atoms with Crippen LogP contribution in [0.4, 0.5) is 30.5 Å². The van der Waals surface area contributed by atoms with Crippen molar-refractivity contribution in [2.45, 2.75) is 38.6 Å². The quantitative estimate of drug-likeness (QED) is 0.502. The van der Waals surface area contributed by atoms with Crippen molar-refractivity contribution in [3.63, 3.8) is 0 Å². The SMILES string of the molecule is CNc1cc2nc(C)nc(N[C@H](C)c3cc(N)nc(C(F)(F)F)n3)c2cc1OC1CCOC1. The van der Waals surface area contributed by atoms with E-state index in [-0.39, 0.29) is 17.6 Å². The van der Waals surface area contributed by atoms with E-state index >= 15 is 0 Å². The standard InChI is InChI=1S/C21H24F3N7O2/c1-10(14-8-18(25)31-20(30-14)21(22,23)24)27-19-13-6-17(33-12-4-5-32-9-12)16(26-3)7-15(13)28-11(2)29-19/h6-8,10,12,26H,4-5,9H2,1-3H3,(H2,25,30,31)(H,27,28,29)/t10-,12?/m1/s1. The van der Waals surface area contributed by atoms with Crippen LogP contribution in [0.15, 0.2) is 18.2 Å². The maximum atomic E-state index is 13.1. The molecule has 1 aliphatic heterocycles. The van der Waals surface area contributed by atoms with Crippen molar-refractivity contribution in [3.05, 3.63) is 35.5 Å². The molecule has 0 spiro atoms. The number of anilines is 3. The van der Waals surface area contributed by atoms with E-state index < -0.39 is 18.0 Å². The third-order valence-corrected chi connectivity index (χ3v) is 5.18. The fraction of sp³-hybridized carbons (Fsp3) is 0.429. The number of nitrogens with zero attached hydrogens (tertiary/aromatic N) is 4. The molecule has 1 fully saturated rings. The second-order valence-corrected chi connectivity index (χ2v) is 7.74. The molecule has 4 N–H and O–H groups in total. The summed E-state index contributed by atoms with van der Waals surface area (Å²) in [6, 6.07) is 4.31. The van der Waals surface area contributed by atoms with E-state index in [0.717, 1.165) is 12.1 Å². The predicted octanol–water partition coefficient (Wildman–Crippen LogP) is 3.71. The smallest absolute Gasteiger partial charge is 0.451 e. The third kappa shape index (κ3) is 5.00. The largest absolute Gasteiger partial charge is 0.486 e. The highest BCUT2D eigenvalue weighted by atomic mass is 19.4. The Morgan fingerprint density at radius 1 is 1.18 bits per heavy atom. The Labute approximate surface area is 187 Å². The van der Waals surface area contributed by atoms with Gasteiger partial charge in [0.1, 0.15) is 29.3 Å². The van der Waals surface area contributed by atoms with Crippen molar-refractivity contribution in [1.82, 2.24) is 19.9 Å². The van der Waals surface area contributed by atoms with Gasteiger partial charge in [-0.15, -0.1) is 0 Å². The minimum atomic E-state index is -4.71. The predicted molar refractivity (Wildman–Crippen MR) is 117 cm³/mol. The number of nitrogens with one attached hydrogen (secondary N) is 2. The number of fused-ring (bicyclic) bond motifs is 1. The van der Waals surface area contributed by atoms with Crippen molar-refractivity contribution in [2.24, 2.45) is 0 Å². The summed E-state index contributed by atoms with van der Waals surface area (Å²) in [6.45, 7) is 4.55. The number of hydrogen-bond donors (Lipinski definition) is 3. The Balaban J connectivity index is 1.71. The summed E-state index contributed by atoms with van der Waals surface area (Å²) in [6.07, 6.45) is -3.99. The maximum Gasteiger partial charge on any atom is 0.451 e. The van der Waals surface area contributed by atoms with E-state index in [1.54, 1.807) is 20.9 Å². The number of nitrogens with two attached hydrogens (primary N) is 1. The van der Waals surface area contributed by atoms with Gasteiger partial charge in [-0.2, -0.15) is 13.2 Å². The number of halogens is 3. The summed E-state index contributed by atoms with van der Waals surface area (Å²) in [5.41, 5.74) is 7.08. The van der Waals surface area contributed by atoms with Gasteiger partial charge < -0.3 is 25.8 Å². The lowest BCUT2D eigenvalue weighted by atomic mass is 10.1. The lowest BCUT2D eigenvalue weighted by Crippen LogP contribution is -2.18. The van der Waals surface area contributed by atoms with E-state index in [2.05, 4.69) is 30.6 Å². The van der Waals surface area contributed by atoms with Crippen LogP contribution < -0.4 is 21.1 Å². The monoisotopic (exact) mass is 463 g/mol. The molecule has 9 nitrogen and oxygen atoms in total. The van der Waals surface area contributed by atoms with E-state index in [0.29, 0.717) is 41.5 Å². The highest BCUT2D eigenvalue weighted by Crippen LogP contribution is 2.35. The first-order chi connectivity index (χ1) is 15.6. The molecule has 2 atom stereocenters. The van der Waals surface area contributed by atoms with Crippen LogP contribution in [0.2, 0.25) is 0 Å². The second kappa shape index (κ2) is 8.85. The molecule has 1 aliphatic rings. The first kappa shape index (κ1) is 22.8. The Morgan fingerprint density at radius 3 is 2.64 bits per heavy atom. The molecule has 0 bridgehead atoms. The number of alkyl halides is 3. The average Bonchev–Trinajstić information content (AvgIpc) is 3.25. The van der Waals surface area contributed by atoms with Gasteiger partial charge in [0.05, 0.1) is 36.2 Å². The number of aryl methyl sites for hydroxylation is 1. The van der Waals surface area contributed by atoms with Crippen molar-refractivity contribution < 1.29 is 22.6 Å². The summed E-state index contributed by atoms with van der Waals surface area (Å²) in [4.78, 5) is 15.9. The summed E-state index contributed by atoms with van der Waals surface area (Å²) in [7, 11) is 1.78. The first-order valence-corrected chi connectivity index (χ1v) is 10.4. The third-order valence-electron chi connectivity index (χ3n) is 5.18. The molecule has 0 amide bonds. The summed E-state index contributed by atoms with van der Waals surface area (Å²) < 4.78 is 50.9. The van der Waals surface area contributed by atoms with Gasteiger partial charge in [0, 0.05) is 24.9 Å². The number of aromatic nitrogens is 4. The van der Waals surface area contributed by atoms with Crippen LogP contribution in [0.5, 0.6) is 5.75 Å². The zero-order chi connectivity index (χ0) is 23.8. The Hall–Kier alpha value is -3.41. The van der Waals surface area contributed by atoms with Crippen molar-refractivity contribution in [2.75, 3.05) is 36.6 Å². The molecule has 1 saturated heterocycles. The highest BCUT2D eigenvalue weighted by molar-refractivity contribution is 5.93. The number of nitrogen functional groups attached to an aromatic ring is 1. The van der Waals surface area contributed by atoms with Crippen LogP contribution in [-0.4, -0.2) is 46.3 Å². The number of hydrogen-bond acceptors (Lipinski definition) is 9. The lowest BCUT2D eigenvalue weighted by Gasteiger charge is -2.20. The molecule has 2 aromatic heterocycles. The molecule has 176 valence electrons. The van der Waals surface area contributed by atoms with Gasteiger partial charge in [0.15, 0.2) is 0 Å². The van der Waals surface area contributed by atoms with Gasteiger partial charge in [-0.3, -0.25) is 0 Å². The molecule has 3 heterocycles. The fourth-order valence-electron chi connectivity index (χ4n) is 3.57. The molecule has 3 aromatic rings. The molecule has 0 radical (unpaired) electrons. The molecule has 12 heteroatoms. The number of rotatable bonds is 6. The summed E-state index contributed by atoms with van der Waals surface area (Å²) in [5.74, 6) is -0.0173. The van der Waals surface area contributed by atoms with Crippen LogP contribution in [0.3, 0.4) is 0 Å². The van der Waals surface area contributed by atoms with Crippen molar-refractivity contribution in [3.8, 4) is 5.75 Å². The van der Waals surface area contributed by atoms with E-state index in [1.807, 2.05) is 12.1 Å².